The molecule has 0 aromatic carbocycles. The highest BCUT2D eigenvalue weighted by Crippen LogP contribution is 2.58. The van der Waals surface area contributed by atoms with E-state index in [0.717, 1.165) is 25.7 Å². The Bertz CT molecular complexity index is 588. The van der Waals surface area contributed by atoms with Crippen LogP contribution in [-0.2, 0) is 14.3 Å². The standard InChI is InChI=1S/C19H28O4/c1-12-14-10-13(20)6-7-15-17(2,3)8-5-9-18(15,4)11-19(14,22)23-16(12)21/h15,22H,5-11H2,1-4H3. The maximum atomic E-state index is 12.4. The molecule has 0 radical (unpaired) electrons. The van der Waals surface area contributed by atoms with Gasteiger partial charge in [0, 0.05) is 30.4 Å². The molecule has 2 aliphatic carbocycles. The van der Waals surface area contributed by atoms with Gasteiger partial charge in [-0.2, -0.15) is 0 Å². The summed E-state index contributed by atoms with van der Waals surface area (Å²) in [5, 5.41) is 11.1. The van der Waals surface area contributed by atoms with Crippen LogP contribution in [0.4, 0.5) is 0 Å². The average molecular weight is 320 g/mol. The van der Waals surface area contributed by atoms with Crippen molar-refractivity contribution in [3.63, 3.8) is 0 Å². The van der Waals surface area contributed by atoms with Crippen molar-refractivity contribution in [1.29, 1.82) is 0 Å². The molecule has 3 atom stereocenters. The van der Waals surface area contributed by atoms with Gasteiger partial charge >= 0.3 is 5.97 Å². The Hall–Kier alpha value is -1.16. The summed E-state index contributed by atoms with van der Waals surface area (Å²) in [5.74, 6) is -1.63. The number of carbonyl (C=O) groups is 2. The molecule has 2 saturated carbocycles. The lowest BCUT2D eigenvalue weighted by Gasteiger charge is -2.52. The van der Waals surface area contributed by atoms with Crippen LogP contribution in [0, 0.1) is 16.7 Å². The third kappa shape index (κ3) is 2.65. The van der Waals surface area contributed by atoms with Crippen molar-refractivity contribution in [2.45, 2.75) is 78.4 Å². The molecule has 0 spiro atoms. The number of rotatable bonds is 0. The number of fused-ring (bicyclic) bond motifs is 2. The van der Waals surface area contributed by atoms with Crippen molar-refractivity contribution in [3.05, 3.63) is 11.1 Å². The van der Waals surface area contributed by atoms with Crippen LogP contribution in [0.15, 0.2) is 11.1 Å². The Morgan fingerprint density at radius 3 is 2.57 bits per heavy atom. The van der Waals surface area contributed by atoms with Crippen molar-refractivity contribution in [2.75, 3.05) is 0 Å². The summed E-state index contributed by atoms with van der Waals surface area (Å²) in [4.78, 5) is 24.4. The van der Waals surface area contributed by atoms with Gasteiger partial charge in [0.1, 0.15) is 5.78 Å². The largest absolute Gasteiger partial charge is 0.426 e. The molecule has 0 amide bonds. The third-order valence-corrected chi connectivity index (χ3v) is 6.57. The minimum atomic E-state index is -1.60. The summed E-state index contributed by atoms with van der Waals surface area (Å²) < 4.78 is 5.38. The van der Waals surface area contributed by atoms with E-state index in [2.05, 4.69) is 20.8 Å². The molecule has 3 rings (SSSR count). The monoisotopic (exact) mass is 320 g/mol. The summed E-state index contributed by atoms with van der Waals surface area (Å²) in [5.41, 5.74) is 0.919. The van der Waals surface area contributed by atoms with E-state index < -0.39 is 11.8 Å². The van der Waals surface area contributed by atoms with Gasteiger partial charge in [0.05, 0.1) is 0 Å². The Labute approximate surface area is 138 Å². The second kappa shape index (κ2) is 5.17. The maximum Gasteiger partial charge on any atom is 0.336 e. The Balaban J connectivity index is 2.06. The van der Waals surface area contributed by atoms with Gasteiger partial charge in [-0.3, -0.25) is 4.79 Å². The summed E-state index contributed by atoms with van der Waals surface area (Å²) in [6.45, 7) is 8.39. The molecular formula is C19H28O4. The molecule has 0 aromatic heterocycles. The number of aliphatic hydroxyl groups is 1. The number of hydrogen-bond acceptors (Lipinski definition) is 4. The fraction of sp³-hybridized carbons (Fsp3) is 0.789. The third-order valence-electron chi connectivity index (χ3n) is 6.57. The van der Waals surface area contributed by atoms with Gasteiger partial charge in [-0.15, -0.1) is 0 Å². The summed E-state index contributed by atoms with van der Waals surface area (Å²) in [7, 11) is 0. The van der Waals surface area contributed by atoms with Crippen molar-refractivity contribution in [2.24, 2.45) is 16.7 Å². The van der Waals surface area contributed by atoms with E-state index in [1.165, 1.54) is 0 Å². The van der Waals surface area contributed by atoms with Crippen LogP contribution >= 0.6 is 0 Å². The lowest BCUT2D eigenvalue weighted by Crippen LogP contribution is -2.47. The predicted octanol–water partition coefficient (Wildman–Crippen LogP) is 3.52. The zero-order valence-electron chi connectivity index (χ0n) is 14.7. The molecule has 4 nitrogen and oxygen atoms in total. The maximum absolute atomic E-state index is 12.4. The Morgan fingerprint density at radius 1 is 1.17 bits per heavy atom. The van der Waals surface area contributed by atoms with E-state index in [9.17, 15) is 14.7 Å². The molecule has 1 aliphatic heterocycles. The number of Topliss-reactive ketones (excluding diaryl/α,β-unsaturated/α-hetero) is 1. The number of hydrogen-bond donors (Lipinski definition) is 1. The number of ether oxygens (including phenoxy) is 1. The van der Waals surface area contributed by atoms with E-state index in [1.807, 2.05) is 0 Å². The van der Waals surface area contributed by atoms with Crippen LogP contribution in [0.25, 0.3) is 0 Å². The van der Waals surface area contributed by atoms with Gasteiger partial charge in [-0.25, -0.2) is 4.79 Å². The molecule has 1 heterocycles. The van der Waals surface area contributed by atoms with Crippen molar-refractivity contribution in [1.82, 2.24) is 0 Å². The van der Waals surface area contributed by atoms with Gasteiger partial charge in [0.2, 0.25) is 5.79 Å². The molecule has 128 valence electrons. The van der Waals surface area contributed by atoms with E-state index in [4.69, 9.17) is 4.74 Å². The minimum absolute atomic E-state index is 0.0988. The lowest BCUT2D eigenvalue weighted by atomic mass is 9.53. The molecule has 23 heavy (non-hydrogen) atoms. The van der Waals surface area contributed by atoms with Gasteiger partial charge in [-0.05, 0) is 42.9 Å². The van der Waals surface area contributed by atoms with Crippen LogP contribution in [-0.4, -0.2) is 22.6 Å². The smallest absolute Gasteiger partial charge is 0.336 e. The first-order valence-electron chi connectivity index (χ1n) is 8.75. The molecule has 4 heteroatoms. The normalized spacial score (nSPS) is 40.7. The van der Waals surface area contributed by atoms with E-state index in [-0.39, 0.29) is 23.0 Å². The van der Waals surface area contributed by atoms with Crippen LogP contribution < -0.4 is 0 Å². The highest BCUT2D eigenvalue weighted by atomic mass is 16.7. The first kappa shape index (κ1) is 16.7. The topological polar surface area (TPSA) is 63.6 Å². The van der Waals surface area contributed by atoms with Gasteiger partial charge < -0.3 is 9.84 Å². The van der Waals surface area contributed by atoms with Crippen LogP contribution in [0.5, 0.6) is 0 Å². The molecule has 2 fully saturated rings. The van der Waals surface area contributed by atoms with Crippen LogP contribution in [0.3, 0.4) is 0 Å². The highest BCUT2D eigenvalue weighted by Gasteiger charge is 2.55. The lowest BCUT2D eigenvalue weighted by molar-refractivity contribution is -0.200. The van der Waals surface area contributed by atoms with Gasteiger partial charge in [0.25, 0.3) is 0 Å². The molecule has 3 unspecified atom stereocenters. The average Bonchev–Trinajstić information content (AvgIpc) is 2.62. The summed E-state index contributed by atoms with van der Waals surface area (Å²) >= 11 is 0. The first-order chi connectivity index (χ1) is 10.6. The molecule has 1 N–H and O–H groups in total. The molecule has 3 aliphatic rings. The van der Waals surface area contributed by atoms with Crippen molar-refractivity contribution in [3.8, 4) is 0 Å². The Morgan fingerprint density at radius 2 is 1.87 bits per heavy atom. The van der Waals surface area contributed by atoms with Gasteiger partial charge in [-0.1, -0.05) is 27.2 Å². The highest BCUT2D eigenvalue weighted by molar-refractivity contribution is 5.94. The van der Waals surface area contributed by atoms with Crippen molar-refractivity contribution < 1.29 is 19.4 Å². The number of carbonyl (C=O) groups excluding carboxylic acids is 2. The summed E-state index contributed by atoms with van der Waals surface area (Å²) in [6, 6.07) is 0. The molecule has 0 aromatic rings. The van der Waals surface area contributed by atoms with E-state index in [0.29, 0.717) is 29.9 Å². The SMILES string of the molecule is CC1=C2CC(=O)CCC3C(C)(C)CCCC3(C)CC2(O)OC1=O. The van der Waals surface area contributed by atoms with E-state index >= 15 is 0 Å². The predicted molar refractivity (Wildman–Crippen MR) is 86.4 cm³/mol. The molecule has 0 saturated heterocycles. The van der Waals surface area contributed by atoms with Crippen molar-refractivity contribution >= 4 is 11.8 Å². The first-order valence-corrected chi connectivity index (χ1v) is 8.75. The van der Waals surface area contributed by atoms with Crippen LogP contribution in [0.1, 0.15) is 72.6 Å². The second-order valence-corrected chi connectivity index (χ2v) is 8.76. The summed E-state index contributed by atoms with van der Waals surface area (Å²) in [6.07, 6.45) is 5.17. The van der Waals surface area contributed by atoms with Crippen LogP contribution in [0.2, 0.25) is 0 Å². The fourth-order valence-electron chi connectivity index (χ4n) is 5.45. The zero-order valence-corrected chi connectivity index (χ0v) is 14.7. The number of ketones is 1. The van der Waals surface area contributed by atoms with E-state index in [1.54, 1.807) is 6.92 Å². The zero-order chi connectivity index (χ0) is 17.0. The second-order valence-electron chi connectivity index (χ2n) is 8.76. The minimum Gasteiger partial charge on any atom is -0.426 e. The Kier molecular flexibility index (Phi) is 3.75. The number of esters is 1. The quantitative estimate of drug-likeness (QED) is 0.694. The molecular weight excluding hydrogens is 292 g/mol. The fourth-order valence-corrected chi connectivity index (χ4v) is 5.45. The molecule has 0 bridgehead atoms. The van der Waals surface area contributed by atoms with Gasteiger partial charge in [0.15, 0.2) is 0 Å².